The largest absolute Gasteiger partial charge is 0.490 e. The molecule has 0 saturated carbocycles. The molecule has 0 fully saturated rings. The molecule has 3 N–H and O–H groups in total. The molecule has 2 aromatic carbocycles. The Kier molecular flexibility index (Phi) is 7.83. The number of hydrogen-bond donors (Lipinski definition) is 3. The Morgan fingerprint density at radius 1 is 1.13 bits per heavy atom. The molecule has 0 bridgehead atoms. The zero-order valence-corrected chi connectivity index (χ0v) is 16.5. The highest BCUT2D eigenvalue weighted by Crippen LogP contribution is 2.27. The lowest BCUT2D eigenvalue weighted by Crippen LogP contribution is -2.50. The van der Waals surface area contributed by atoms with Crippen LogP contribution in [0.4, 0.5) is 10.1 Å². The van der Waals surface area contributed by atoms with Gasteiger partial charge in [-0.3, -0.25) is 35.3 Å². The predicted octanol–water partition coefficient (Wildman–Crippen LogP) is 1.09. The lowest BCUT2D eigenvalue weighted by Gasteiger charge is -2.15. The van der Waals surface area contributed by atoms with Gasteiger partial charge in [-0.25, -0.2) is 4.39 Å². The summed E-state index contributed by atoms with van der Waals surface area (Å²) in [6, 6.07) is 8.60. The molecule has 31 heavy (non-hydrogen) atoms. The van der Waals surface area contributed by atoms with Gasteiger partial charge in [0.1, 0.15) is 11.6 Å². The summed E-state index contributed by atoms with van der Waals surface area (Å²) in [5.41, 5.74) is 3.76. The van der Waals surface area contributed by atoms with Crippen LogP contribution in [0.5, 0.6) is 11.5 Å². The van der Waals surface area contributed by atoms with Gasteiger partial charge in [0.05, 0.1) is 18.6 Å². The molecule has 3 amide bonds. The maximum absolute atomic E-state index is 12.9. The molecule has 1 unspecified atom stereocenters. The maximum Gasteiger partial charge on any atom is 0.311 e. The van der Waals surface area contributed by atoms with E-state index in [1.165, 1.54) is 50.4 Å². The fourth-order valence-electron chi connectivity index (χ4n) is 2.28. The first kappa shape index (κ1) is 23.1. The number of nitro groups is 1. The average molecular weight is 434 g/mol. The van der Waals surface area contributed by atoms with E-state index in [0.29, 0.717) is 0 Å². The van der Waals surface area contributed by atoms with E-state index in [-0.39, 0.29) is 17.1 Å². The van der Waals surface area contributed by atoms with Gasteiger partial charge in [-0.1, -0.05) is 0 Å². The van der Waals surface area contributed by atoms with Crippen LogP contribution in [0.3, 0.4) is 0 Å². The molecular formula is C19H19FN4O7. The Morgan fingerprint density at radius 3 is 2.42 bits per heavy atom. The number of carbonyl (C=O) groups excluding carboxylic acids is 3. The van der Waals surface area contributed by atoms with E-state index in [1.807, 2.05) is 0 Å². The third-order valence-electron chi connectivity index (χ3n) is 3.87. The summed E-state index contributed by atoms with van der Waals surface area (Å²) in [6.45, 7) is 0.912. The normalized spacial score (nSPS) is 11.1. The van der Waals surface area contributed by atoms with Gasteiger partial charge in [-0.15, -0.1) is 0 Å². The minimum Gasteiger partial charge on any atom is -0.490 e. The van der Waals surface area contributed by atoms with Crippen molar-refractivity contribution in [3.63, 3.8) is 0 Å². The maximum atomic E-state index is 12.9. The number of halogens is 1. The number of benzene rings is 2. The van der Waals surface area contributed by atoms with E-state index in [0.717, 1.165) is 6.07 Å². The molecule has 0 aliphatic rings. The fraction of sp³-hybridized carbons (Fsp3) is 0.211. The van der Waals surface area contributed by atoms with Crippen LogP contribution in [0, 0.1) is 15.9 Å². The van der Waals surface area contributed by atoms with Crippen molar-refractivity contribution in [1.29, 1.82) is 0 Å². The highest BCUT2D eigenvalue weighted by atomic mass is 19.1. The van der Waals surface area contributed by atoms with E-state index in [1.54, 1.807) is 0 Å². The monoisotopic (exact) mass is 434 g/mol. The molecule has 0 heterocycles. The molecule has 0 aliphatic carbocycles. The van der Waals surface area contributed by atoms with Crippen molar-refractivity contribution < 1.29 is 33.2 Å². The summed E-state index contributed by atoms with van der Waals surface area (Å²) in [5.74, 6) is -2.38. The second kappa shape index (κ2) is 10.5. The Bertz CT molecular complexity index is 982. The van der Waals surface area contributed by atoms with E-state index in [4.69, 9.17) is 9.47 Å². The summed E-state index contributed by atoms with van der Waals surface area (Å²) in [5, 5.41) is 13.3. The minimum absolute atomic E-state index is 0.0148. The van der Waals surface area contributed by atoms with Crippen LogP contribution in [0.1, 0.15) is 17.3 Å². The molecule has 0 aromatic heterocycles. The summed E-state index contributed by atoms with van der Waals surface area (Å²) in [7, 11) is 1.26. The number of methoxy groups -OCH3 is 1. The first-order valence-corrected chi connectivity index (χ1v) is 8.82. The third-order valence-corrected chi connectivity index (χ3v) is 3.87. The quantitative estimate of drug-likeness (QED) is 0.416. The number of nitro benzene ring substituents is 1. The molecule has 11 nitrogen and oxygen atoms in total. The molecular weight excluding hydrogens is 415 g/mol. The van der Waals surface area contributed by atoms with Crippen molar-refractivity contribution in [3.8, 4) is 11.5 Å². The smallest absolute Gasteiger partial charge is 0.311 e. The van der Waals surface area contributed by atoms with Crippen LogP contribution in [0.25, 0.3) is 0 Å². The molecule has 0 radical (unpaired) electrons. The lowest BCUT2D eigenvalue weighted by molar-refractivity contribution is -0.385. The van der Waals surface area contributed by atoms with Crippen LogP contribution < -0.4 is 25.6 Å². The topological polar surface area (TPSA) is 149 Å². The first-order chi connectivity index (χ1) is 14.7. The number of hydrazine groups is 1. The number of amides is 3. The average Bonchev–Trinajstić information content (AvgIpc) is 2.76. The number of nitrogens with zero attached hydrogens (tertiary/aromatic N) is 1. The number of carbonyl (C=O) groups is 3. The van der Waals surface area contributed by atoms with Crippen LogP contribution >= 0.6 is 0 Å². The fourth-order valence-corrected chi connectivity index (χ4v) is 2.28. The summed E-state index contributed by atoms with van der Waals surface area (Å²) in [6.07, 6.45) is -1.000. The van der Waals surface area contributed by atoms with Crippen molar-refractivity contribution >= 4 is 23.4 Å². The van der Waals surface area contributed by atoms with Crippen molar-refractivity contribution in [3.05, 3.63) is 64.0 Å². The van der Waals surface area contributed by atoms with Gasteiger partial charge >= 0.3 is 5.69 Å². The van der Waals surface area contributed by atoms with Gasteiger partial charge < -0.3 is 14.8 Å². The molecule has 0 saturated heterocycles. The highest BCUT2D eigenvalue weighted by molar-refractivity contribution is 5.97. The van der Waals surface area contributed by atoms with Gasteiger partial charge in [-0.2, -0.15) is 0 Å². The van der Waals surface area contributed by atoms with Gasteiger partial charge in [0.25, 0.3) is 17.7 Å². The SMILES string of the molecule is COc1ccc(C(=O)NCC(=O)NNC(=O)C(C)Oc2ccc(F)cc2)cc1[N+](=O)[O-]. The van der Waals surface area contributed by atoms with E-state index in [2.05, 4.69) is 16.2 Å². The predicted molar refractivity (Wildman–Crippen MR) is 105 cm³/mol. The number of nitrogens with one attached hydrogen (secondary N) is 3. The molecule has 1 atom stereocenters. The van der Waals surface area contributed by atoms with Crippen LogP contribution in [-0.2, 0) is 9.59 Å². The van der Waals surface area contributed by atoms with Crippen LogP contribution in [-0.4, -0.2) is 42.4 Å². The van der Waals surface area contributed by atoms with E-state index >= 15 is 0 Å². The summed E-state index contributed by atoms with van der Waals surface area (Å²) in [4.78, 5) is 46.2. The standard InChI is InChI=1S/C19H19FN4O7/c1-11(31-14-6-4-13(20)5-7-14)18(26)23-22-17(25)10-21-19(27)12-3-8-16(30-2)15(9-12)24(28)29/h3-9,11H,10H2,1-2H3,(H,21,27)(H,22,25)(H,23,26). The van der Waals surface area contributed by atoms with Crippen molar-refractivity contribution in [1.82, 2.24) is 16.2 Å². The molecule has 164 valence electrons. The second-order valence-electron chi connectivity index (χ2n) is 6.08. The molecule has 0 spiro atoms. The molecule has 0 aliphatic heterocycles. The highest BCUT2D eigenvalue weighted by Gasteiger charge is 2.19. The number of rotatable bonds is 8. The van der Waals surface area contributed by atoms with Gasteiger partial charge in [0.2, 0.25) is 0 Å². The molecule has 12 heteroatoms. The zero-order chi connectivity index (χ0) is 23.0. The van der Waals surface area contributed by atoms with Crippen molar-refractivity contribution in [2.75, 3.05) is 13.7 Å². The van der Waals surface area contributed by atoms with Crippen LogP contribution in [0.15, 0.2) is 42.5 Å². The third kappa shape index (κ3) is 6.66. The second-order valence-corrected chi connectivity index (χ2v) is 6.08. The van der Waals surface area contributed by atoms with Crippen molar-refractivity contribution in [2.45, 2.75) is 13.0 Å². The minimum atomic E-state index is -1.000. The Hall–Kier alpha value is -4.22. The van der Waals surface area contributed by atoms with Gasteiger partial charge in [0, 0.05) is 11.6 Å². The summed E-state index contributed by atoms with van der Waals surface area (Å²) >= 11 is 0. The van der Waals surface area contributed by atoms with E-state index in [9.17, 15) is 28.9 Å². The Morgan fingerprint density at radius 2 is 1.81 bits per heavy atom. The Labute approximate surface area is 175 Å². The number of hydrogen-bond acceptors (Lipinski definition) is 7. The first-order valence-electron chi connectivity index (χ1n) is 8.82. The number of ether oxygens (including phenoxy) is 2. The summed E-state index contributed by atoms with van der Waals surface area (Å²) < 4.78 is 23.0. The molecule has 2 aromatic rings. The van der Waals surface area contributed by atoms with Gasteiger partial charge in [-0.05, 0) is 43.3 Å². The van der Waals surface area contributed by atoms with Gasteiger partial charge in [0.15, 0.2) is 11.9 Å². The molecule has 2 rings (SSSR count). The van der Waals surface area contributed by atoms with E-state index < -0.39 is 46.8 Å². The van der Waals surface area contributed by atoms with Crippen LogP contribution in [0.2, 0.25) is 0 Å². The lowest BCUT2D eigenvalue weighted by atomic mass is 10.1. The Balaban J connectivity index is 1.81. The van der Waals surface area contributed by atoms with Crippen molar-refractivity contribution in [2.24, 2.45) is 0 Å². The zero-order valence-electron chi connectivity index (χ0n) is 16.5.